The third kappa shape index (κ3) is 4.46. The number of carbonyl (C=O) groups is 2. The second-order valence-electron chi connectivity index (χ2n) is 8.47. The molecule has 9 heteroatoms. The molecule has 4 rings (SSSR count). The lowest BCUT2D eigenvalue weighted by molar-refractivity contribution is -0.124. The van der Waals surface area contributed by atoms with E-state index >= 15 is 0 Å². The molecule has 9 nitrogen and oxygen atoms in total. The van der Waals surface area contributed by atoms with E-state index in [1.54, 1.807) is 6.07 Å². The Hall–Kier alpha value is -3.36. The summed E-state index contributed by atoms with van der Waals surface area (Å²) in [6.07, 6.45) is 6.69. The number of aryl methyl sites for hydroxylation is 1. The maximum atomic E-state index is 13.2. The van der Waals surface area contributed by atoms with Gasteiger partial charge in [-0.05, 0) is 37.5 Å². The molecule has 1 aliphatic rings. The summed E-state index contributed by atoms with van der Waals surface area (Å²) in [6, 6.07) is 6.69. The molecule has 1 aliphatic carbocycles. The standard InChI is InChI=1S/C23H29N5O4/c1-3-4-9-18(25-21(29)15-7-6-11-19-14(15)12-13-28(19)2)22(30)24-17-10-5-8-16(17)20-26-23(31)32-27-20/h6-7,11-13,16-18H,3-5,8-10H2,1-2H3,(H,24,30)(H,25,29)(H,26,27,31)/t16-,17+,18+/m1/s1. The number of benzene rings is 1. The number of unbranched alkanes of at least 4 members (excludes halogenated alkanes) is 1. The minimum absolute atomic E-state index is 0.106. The molecule has 32 heavy (non-hydrogen) atoms. The van der Waals surface area contributed by atoms with Crippen LogP contribution in [0.1, 0.15) is 67.5 Å². The van der Waals surface area contributed by atoms with Gasteiger partial charge in [0, 0.05) is 41.7 Å². The zero-order valence-electron chi connectivity index (χ0n) is 18.4. The van der Waals surface area contributed by atoms with Crippen molar-refractivity contribution in [2.24, 2.45) is 7.05 Å². The van der Waals surface area contributed by atoms with E-state index in [4.69, 9.17) is 0 Å². The van der Waals surface area contributed by atoms with Gasteiger partial charge in [-0.15, -0.1) is 0 Å². The highest BCUT2D eigenvalue weighted by atomic mass is 16.5. The molecule has 0 aliphatic heterocycles. The van der Waals surface area contributed by atoms with Gasteiger partial charge in [0.25, 0.3) is 5.91 Å². The van der Waals surface area contributed by atoms with Gasteiger partial charge in [-0.25, -0.2) is 4.79 Å². The molecule has 170 valence electrons. The SMILES string of the molecule is CCCC[C@H](NC(=O)c1cccc2c1ccn2C)C(=O)N[C@H]1CCC[C@H]1c1noc(=O)[nH]1. The number of hydrogen-bond donors (Lipinski definition) is 3. The molecule has 0 unspecified atom stereocenters. The number of rotatable bonds is 8. The van der Waals surface area contributed by atoms with E-state index in [0.717, 1.165) is 43.0 Å². The van der Waals surface area contributed by atoms with Crippen LogP contribution in [0.5, 0.6) is 0 Å². The molecular weight excluding hydrogens is 410 g/mol. The fraction of sp³-hybridized carbons (Fsp3) is 0.478. The van der Waals surface area contributed by atoms with Crippen molar-refractivity contribution in [2.75, 3.05) is 0 Å². The van der Waals surface area contributed by atoms with E-state index < -0.39 is 11.8 Å². The van der Waals surface area contributed by atoms with E-state index in [1.807, 2.05) is 36.0 Å². The lowest BCUT2D eigenvalue weighted by atomic mass is 10.0. The van der Waals surface area contributed by atoms with Crippen molar-refractivity contribution in [3.8, 4) is 0 Å². The maximum absolute atomic E-state index is 13.2. The van der Waals surface area contributed by atoms with Crippen LogP contribution >= 0.6 is 0 Å². The first-order valence-corrected chi connectivity index (χ1v) is 11.2. The minimum atomic E-state index is -0.640. The fourth-order valence-electron chi connectivity index (χ4n) is 4.56. The van der Waals surface area contributed by atoms with Crippen molar-refractivity contribution in [3.63, 3.8) is 0 Å². The molecule has 3 aromatic rings. The Morgan fingerprint density at radius 3 is 2.91 bits per heavy atom. The zero-order valence-corrected chi connectivity index (χ0v) is 18.4. The molecule has 3 N–H and O–H groups in total. The number of aromatic amines is 1. The second-order valence-corrected chi connectivity index (χ2v) is 8.47. The highest BCUT2D eigenvalue weighted by Gasteiger charge is 2.34. The Bertz CT molecular complexity index is 1160. The molecule has 2 heterocycles. The Morgan fingerprint density at radius 1 is 1.31 bits per heavy atom. The number of carbonyl (C=O) groups excluding carboxylic acids is 2. The zero-order chi connectivity index (χ0) is 22.7. The van der Waals surface area contributed by atoms with E-state index in [0.29, 0.717) is 17.8 Å². The largest absolute Gasteiger partial charge is 0.438 e. The molecule has 2 amide bonds. The average molecular weight is 440 g/mol. The van der Waals surface area contributed by atoms with Crippen molar-refractivity contribution in [3.05, 3.63) is 52.4 Å². The van der Waals surface area contributed by atoms with Crippen molar-refractivity contribution in [1.29, 1.82) is 0 Å². The summed E-state index contributed by atoms with van der Waals surface area (Å²) in [4.78, 5) is 40.2. The summed E-state index contributed by atoms with van der Waals surface area (Å²) in [6.45, 7) is 2.05. The van der Waals surface area contributed by atoms with Gasteiger partial charge in [-0.3, -0.25) is 19.1 Å². The number of aromatic nitrogens is 3. The maximum Gasteiger partial charge on any atom is 0.438 e. The number of amides is 2. The van der Waals surface area contributed by atoms with Crippen LogP contribution in [-0.2, 0) is 11.8 Å². The fourth-order valence-corrected chi connectivity index (χ4v) is 4.56. The molecule has 1 aromatic carbocycles. The Kier molecular flexibility index (Phi) is 6.43. The average Bonchev–Trinajstić information content (AvgIpc) is 3.51. The van der Waals surface area contributed by atoms with Crippen LogP contribution < -0.4 is 16.4 Å². The van der Waals surface area contributed by atoms with Crippen molar-refractivity contribution >= 4 is 22.7 Å². The highest BCUT2D eigenvalue weighted by Crippen LogP contribution is 2.32. The summed E-state index contributed by atoms with van der Waals surface area (Å²) >= 11 is 0. The number of fused-ring (bicyclic) bond motifs is 1. The number of nitrogens with zero attached hydrogens (tertiary/aromatic N) is 2. The van der Waals surface area contributed by atoms with Crippen LogP contribution in [0.3, 0.4) is 0 Å². The van der Waals surface area contributed by atoms with E-state index in [1.165, 1.54) is 0 Å². The lowest BCUT2D eigenvalue weighted by Crippen LogP contribution is -2.50. The van der Waals surface area contributed by atoms with Gasteiger partial charge < -0.3 is 15.2 Å². The highest BCUT2D eigenvalue weighted by molar-refractivity contribution is 6.07. The van der Waals surface area contributed by atoms with Crippen LogP contribution in [0.15, 0.2) is 39.8 Å². The third-order valence-corrected chi connectivity index (χ3v) is 6.29. The molecule has 2 aromatic heterocycles. The first-order valence-electron chi connectivity index (χ1n) is 11.2. The molecule has 0 radical (unpaired) electrons. The first-order chi connectivity index (χ1) is 15.5. The predicted octanol–water partition coefficient (Wildman–Crippen LogP) is 2.60. The molecule has 3 atom stereocenters. The topological polar surface area (TPSA) is 122 Å². The van der Waals surface area contributed by atoms with Gasteiger partial charge in [0.2, 0.25) is 5.91 Å². The quantitative estimate of drug-likeness (QED) is 0.498. The summed E-state index contributed by atoms with van der Waals surface area (Å²) in [5.74, 6) is -0.717. The van der Waals surface area contributed by atoms with Crippen molar-refractivity contribution < 1.29 is 14.1 Å². The monoisotopic (exact) mass is 439 g/mol. The lowest BCUT2D eigenvalue weighted by Gasteiger charge is -2.24. The van der Waals surface area contributed by atoms with Gasteiger partial charge in [-0.1, -0.05) is 37.4 Å². The predicted molar refractivity (Wildman–Crippen MR) is 119 cm³/mol. The second kappa shape index (κ2) is 9.42. The third-order valence-electron chi connectivity index (χ3n) is 6.29. The molecular formula is C23H29N5O4. The molecule has 0 bridgehead atoms. The van der Waals surface area contributed by atoms with Crippen molar-refractivity contribution in [2.45, 2.75) is 63.5 Å². The number of H-pyrrole nitrogens is 1. The number of nitrogens with one attached hydrogen (secondary N) is 3. The first kappa shape index (κ1) is 21.9. The Labute approximate surface area is 185 Å². The van der Waals surface area contributed by atoms with Crippen LogP contribution in [0.2, 0.25) is 0 Å². The van der Waals surface area contributed by atoms with Gasteiger partial charge in [0.05, 0.1) is 0 Å². The van der Waals surface area contributed by atoms with Gasteiger partial charge >= 0.3 is 5.76 Å². The van der Waals surface area contributed by atoms with Crippen LogP contribution in [0, 0.1) is 0 Å². The Morgan fingerprint density at radius 2 is 2.16 bits per heavy atom. The summed E-state index contributed by atoms with van der Waals surface area (Å²) in [5.41, 5.74) is 1.51. The van der Waals surface area contributed by atoms with E-state index in [-0.39, 0.29) is 23.8 Å². The molecule has 1 saturated carbocycles. The summed E-state index contributed by atoms with van der Waals surface area (Å²) in [5, 5.41) is 10.7. The molecule has 1 fully saturated rings. The van der Waals surface area contributed by atoms with E-state index in [2.05, 4.69) is 32.2 Å². The molecule has 0 saturated heterocycles. The van der Waals surface area contributed by atoms with Gasteiger partial charge in [-0.2, -0.15) is 0 Å². The minimum Gasteiger partial charge on any atom is -0.351 e. The summed E-state index contributed by atoms with van der Waals surface area (Å²) in [7, 11) is 1.93. The molecule has 0 spiro atoms. The van der Waals surface area contributed by atoms with Crippen LogP contribution in [-0.4, -0.2) is 38.6 Å². The number of hydrogen-bond acceptors (Lipinski definition) is 5. The van der Waals surface area contributed by atoms with Gasteiger partial charge in [0.15, 0.2) is 5.82 Å². The van der Waals surface area contributed by atoms with Gasteiger partial charge in [0.1, 0.15) is 6.04 Å². The normalized spacial score (nSPS) is 19.2. The van der Waals surface area contributed by atoms with Crippen molar-refractivity contribution in [1.82, 2.24) is 25.3 Å². The van der Waals surface area contributed by atoms with Crippen LogP contribution in [0.4, 0.5) is 0 Å². The smallest absolute Gasteiger partial charge is 0.351 e. The van der Waals surface area contributed by atoms with E-state index in [9.17, 15) is 14.4 Å². The van der Waals surface area contributed by atoms with Crippen LogP contribution in [0.25, 0.3) is 10.9 Å². The summed E-state index contributed by atoms with van der Waals surface area (Å²) < 4.78 is 6.60. The Balaban J connectivity index is 1.49.